The molecular weight excluding hydrogens is 491 g/mol. The number of nitriles is 1. The number of nitrogens with zero attached hydrogens (tertiary/aromatic N) is 1. The number of anilines is 1. The maximum atomic E-state index is 13.0. The fourth-order valence-corrected chi connectivity index (χ4v) is 3.73. The molecule has 1 heterocycles. The van der Waals surface area contributed by atoms with Gasteiger partial charge >= 0.3 is 5.97 Å². The topological polar surface area (TPSA) is 111 Å². The Morgan fingerprint density at radius 2 is 1.47 bits per heavy atom. The van der Waals surface area contributed by atoms with Gasteiger partial charge in [-0.25, -0.2) is 4.39 Å². The second-order valence-electron chi connectivity index (χ2n) is 8.09. The predicted octanol–water partition coefficient (Wildman–Crippen LogP) is 5.37. The highest BCUT2D eigenvalue weighted by molar-refractivity contribution is 5.96. The van der Waals surface area contributed by atoms with Gasteiger partial charge in [0.2, 0.25) is 5.88 Å². The highest BCUT2D eigenvalue weighted by atomic mass is 19.1. The van der Waals surface area contributed by atoms with E-state index in [0.717, 1.165) is 0 Å². The molecule has 4 aromatic rings. The zero-order chi connectivity index (χ0) is 27.1. The zero-order valence-electron chi connectivity index (χ0n) is 20.6. The number of nitrogens with one attached hydrogen (secondary N) is 1. The van der Waals surface area contributed by atoms with Crippen LogP contribution in [0.2, 0.25) is 0 Å². The fourth-order valence-electron chi connectivity index (χ4n) is 3.73. The summed E-state index contributed by atoms with van der Waals surface area (Å²) in [5.41, 5.74) is 2.45. The van der Waals surface area contributed by atoms with Gasteiger partial charge in [0.25, 0.3) is 5.91 Å². The molecule has 1 amide bonds. The number of carbonyl (C=O) groups is 2. The van der Waals surface area contributed by atoms with Crippen LogP contribution in [0.5, 0.6) is 11.5 Å². The molecule has 38 heavy (non-hydrogen) atoms. The summed E-state index contributed by atoms with van der Waals surface area (Å²) in [6.07, 6.45) is -0.124. The minimum Gasteiger partial charge on any atom is -0.497 e. The van der Waals surface area contributed by atoms with Gasteiger partial charge in [0, 0.05) is 11.1 Å². The van der Waals surface area contributed by atoms with Crippen molar-refractivity contribution in [3.05, 3.63) is 89.7 Å². The molecule has 0 radical (unpaired) electrons. The molecule has 0 atom stereocenters. The van der Waals surface area contributed by atoms with Gasteiger partial charge in [-0.15, -0.1) is 0 Å². The third kappa shape index (κ3) is 5.99. The Labute approximate surface area is 218 Å². The van der Waals surface area contributed by atoms with Crippen LogP contribution in [-0.4, -0.2) is 32.7 Å². The molecule has 192 valence electrons. The molecule has 0 fully saturated rings. The molecule has 3 aromatic carbocycles. The smallest absolute Gasteiger partial charge is 0.310 e. The monoisotopic (exact) mass is 514 g/mol. The number of furan rings is 1. The van der Waals surface area contributed by atoms with Gasteiger partial charge in [-0.3, -0.25) is 14.9 Å². The van der Waals surface area contributed by atoms with Crippen molar-refractivity contribution in [1.82, 2.24) is 0 Å². The van der Waals surface area contributed by atoms with Crippen LogP contribution >= 0.6 is 0 Å². The van der Waals surface area contributed by atoms with Gasteiger partial charge in [0.05, 0.1) is 20.6 Å². The normalized spacial score (nSPS) is 10.4. The molecular formula is C29H23FN2O6. The maximum Gasteiger partial charge on any atom is 0.310 e. The zero-order valence-corrected chi connectivity index (χ0v) is 20.6. The molecule has 1 N–H and O–H groups in total. The second-order valence-corrected chi connectivity index (χ2v) is 8.09. The van der Waals surface area contributed by atoms with Gasteiger partial charge in [-0.2, -0.15) is 5.26 Å². The molecule has 0 unspecified atom stereocenters. The second kappa shape index (κ2) is 11.8. The fraction of sp³-hybridized carbons (Fsp3) is 0.138. The van der Waals surface area contributed by atoms with E-state index in [0.29, 0.717) is 39.5 Å². The highest BCUT2D eigenvalue weighted by Crippen LogP contribution is 2.42. The van der Waals surface area contributed by atoms with Gasteiger partial charge in [0.1, 0.15) is 34.7 Å². The van der Waals surface area contributed by atoms with Gasteiger partial charge in [0.15, 0.2) is 6.61 Å². The molecule has 0 aliphatic rings. The first-order valence-electron chi connectivity index (χ1n) is 11.5. The van der Waals surface area contributed by atoms with Crippen molar-refractivity contribution < 1.29 is 32.6 Å². The van der Waals surface area contributed by atoms with Crippen LogP contribution in [0.15, 0.2) is 77.2 Å². The average Bonchev–Trinajstić information content (AvgIpc) is 3.31. The Kier molecular flexibility index (Phi) is 8.04. The lowest BCUT2D eigenvalue weighted by atomic mass is 9.98. The van der Waals surface area contributed by atoms with Crippen LogP contribution in [0.25, 0.3) is 22.5 Å². The van der Waals surface area contributed by atoms with Crippen LogP contribution < -0.4 is 14.8 Å². The summed E-state index contributed by atoms with van der Waals surface area (Å²) in [4.78, 5) is 24.7. The van der Waals surface area contributed by atoms with E-state index in [4.69, 9.17) is 18.6 Å². The van der Waals surface area contributed by atoms with E-state index in [2.05, 4.69) is 11.4 Å². The Morgan fingerprint density at radius 3 is 2.03 bits per heavy atom. The van der Waals surface area contributed by atoms with E-state index in [1.54, 1.807) is 62.8 Å². The molecule has 0 saturated heterocycles. The highest BCUT2D eigenvalue weighted by Gasteiger charge is 2.25. The lowest BCUT2D eigenvalue weighted by Crippen LogP contribution is -2.21. The Morgan fingerprint density at radius 1 is 0.895 bits per heavy atom. The van der Waals surface area contributed by atoms with Crippen molar-refractivity contribution in [1.29, 1.82) is 5.26 Å². The van der Waals surface area contributed by atoms with Crippen molar-refractivity contribution in [3.63, 3.8) is 0 Å². The quantitative estimate of drug-likeness (QED) is 0.299. The summed E-state index contributed by atoms with van der Waals surface area (Å²) in [7, 11) is 3.11. The molecule has 0 bridgehead atoms. The first kappa shape index (κ1) is 26.0. The van der Waals surface area contributed by atoms with Gasteiger partial charge < -0.3 is 18.6 Å². The minimum atomic E-state index is -0.690. The molecule has 0 aliphatic carbocycles. The molecule has 1 aromatic heterocycles. The predicted molar refractivity (Wildman–Crippen MR) is 137 cm³/mol. The molecule has 8 nitrogen and oxygen atoms in total. The van der Waals surface area contributed by atoms with Crippen molar-refractivity contribution >= 4 is 17.8 Å². The first-order valence-corrected chi connectivity index (χ1v) is 11.5. The number of halogens is 1. The molecule has 4 rings (SSSR count). The standard InChI is InChI=1S/C29H23FN2O6/c1-35-22-11-5-19(6-12-22)27-24(16-31)29(38-28(27)20-7-13-23(36-2)14-8-20)32-25(33)17-37-26(34)15-18-3-9-21(30)10-4-18/h3-14H,15,17H2,1-2H3,(H,32,33). The SMILES string of the molecule is COc1ccc(-c2oc(NC(=O)COC(=O)Cc3ccc(F)cc3)c(C#N)c2-c2ccc(OC)cc2)cc1. The van der Waals surface area contributed by atoms with Crippen molar-refractivity contribution in [2.24, 2.45) is 0 Å². The number of carbonyl (C=O) groups excluding carboxylic acids is 2. The van der Waals surface area contributed by atoms with E-state index in [-0.39, 0.29) is 17.9 Å². The van der Waals surface area contributed by atoms with Gasteiger partial charge in [-0.05, 0) is 59.7 Å². The van der Waals surface area contributed by atoms with Crippen LogP contribution in [0.4, 0.5) is 10.3 Å². The minimum absolute atomic E-state index is 0.0799. The number of esters is 1. The Bertz CT molecular complexity index is 1470. The number of methoxy groups -OCH3 is 2. The van der Waals surface area contributed by atoms with Crippen LogP contribution in [0.1, 0.15) is 11.1 Å². The Hall–Kier alpha value is -5.10. The Balaban J connectivity index is 1.58. The number of hydrogen-bond acceptors (Lipinski definition) is 7. The molecule has 9 heteroatoms. The van der Waals surface area contributed by atoms with E-state index in [1.165, 1.54) is 24.3 Å². The molecule has 0 spiro atoms. The summed E-state index contributed by atoms with van der Waals surface area (Å²) in [6, 6.07) is 21.6. The largest absolute Gasteiger partial charge is 0.497 e. The number of amides is 1. The molecule has 0 aliphatic heterocycles. The number of rotatable bonds is 9. The number of hydrogen-bond donors (Lipinski definition) is 1. The average molecular weight is 515 g/mol. The summed E-state index contributed by atoms with van der Waals surface area (Å²) >= 11 is 0. The van der Waals surface area contributed by atoms with Crippen molar-refractivity contribution in [2.45, 2.75) is 6.42 Å². The maximum absolute atomic E-state index is 13.0. The third-order valence-corrected chi connectivity index (χ3v) is 5.63. The summed E-state index contributed by atoms with van der Waals surface area (Å²) in [5, 5.41) is 12.5. The number of benzene rings is 3. The van der Waals surface area contributed by atoms with Crippen molar-refractivity contribution in [2.75, 3.05) is 26.1 Å². The van der Waals surface area contributed by atoms with Gasteiger partial charge in [-0.1, -0.05) is 24.3 Å². The summed E-state index contributed by atoms with van der Waals surface area (Å²) in [6.45, 7) is -0.596. The van der Waals surface area contributed by atoms with Crippen LogP contribution in [0, 0.1) is 17.1 Å². The van der Waals surface area contributed by atoms with E-state index in [1.807, 2.05) is 0 Å². The summed E-state index contributed by atoms with van der Waals surface area (Å²) < 4.78 is 34.5. The lowest BCUT2D eigenvalue weighted by Gasteiger charge is -2.06. The van der Waals surface area contributed by atoms with Crippen LogP contribution in [0.3, 0.4) is 0 Å². The first-order chi connectivity index (χ1) is 18.4. The molecule has 0 saturated carbocycles. The van der Waals surface area contributed by atoms with E-state index in [9.17, 15) is 19.2 Å². The van der Waals surface area contributed by atoms with E-state index >= 15 is 0 Å². The van der Waals surface area contributed by atoms with E-state index < -0.39 is 24.3 Å². The van der Waals surface area contributed by atoms with Crippen molar-refractivity contribution in [3.8, 4) is 40.0 Å². The third-order valence-electron chi connectivity index (χ3n) is 5.63. The summed E-state index contributed by atoms with van der Waals surface area (Å²) in [5.74, 6) is -0.215. The van der Waals surface area contributed by atoms with Crippen LogP contribution in [-0.2, 0) is 20.7 Å². The lowest BCUT2D eigenvalue weighted by molar-refractivity contribution is -0.146. The number of ether oxygens (including phenoxy) is 3.